The highest BCUT2D eigenvalue weighted by Gasteiger charge is 2.25. The van der Waals surface area contributed by atoms with Gasteiger partial charge in [-0.3, -0.25) is 4.98 Å². The van der Waals surface area contributed by atoms with E-state index in [-0.39, 0.29) is 5.41 Å². The van der Waals surface area contributed by atoms with E-state index in [4.69, 9.17) is 0 Å². The molecule has 0 radical (unpaired) electrons. The van der Waals surface area contributed by atoms with Gasteiger partial charge in [-0.05, 0) is 30.4 Å². The number of hydrogen-bond donors (Lipinski definition) is 0. The van der Waals surface area contributed by atoms with Crippen molar-refractivity contribution in [1.82, 2.24) is 4.98 Å². The molecule has 14 heavy (non-hydrogen) atoms. The Kier molecular flexibility index (Phi) is 2.18. The Bertz CT molecular complexity index is 375. The molecule has 0 bridgehead atoms. The van der Waals surface area contributed by atoms with Gasteiger partial charge in [0, 0.05) is 18.3 Å². The van der Waals surface area contributed by atoms with Crippen LogP contribution in [0.3, 0.4) is 0 Å². The third kappa shape index (κ3) is 1.59. The van der Waals surface area contributed by atoms with Gasteiger partial charge < -0.3 is 0 Å². The molecular weight excluding hydrogens is 170 g/mol. The first kappa shape index (κ1) is 9.45. The Morgan fingerprint density at radius 2 is 2.14 bits per heavy atom. The van der Waals surface area contributed by atoms with Gasteiger partial charge in [-0.1, -0.05) is 31.6 Å². The van der Waals surface area contributed by atoms with E-state index in [1.807, 2.05) is 12.3 Å². The van der Waals surface area contributed by atoms with Crippen molar-refractivity contribution in [2.75, 3.05) is 0 Å². The summed E-state index contributed by atoms with van der Waals surface area (Å²) in [6.07, 6.45) is 6.33. The van der Waals surface area contributed by atoms with E-state index in [0.717, 1.165) is 12.8 Å². The smallest absolute Gasteiger partial charge is 0.0478 e. The summed E-state index contributed by atoms with van der Waals surface area (Å²) in [5.41, 5.74) is 4.37. The van der Waals surface area contributed by atoms with E-state index in [2.05, 4.69) is 37.9 Å². The molecule has 0 N–H and O–H groups in total. The van der Waals surface area contributed by atoms with Crippen LogP contribution in [0, 0.1) is 0 Å². The van der Waals surface area contributed by atoms with Gasteiger partial charge in [0.2, 0.25) is 0 Å². The van der Waals surface area contributed by atoms with Gasteiger partial charge in [-0.2, -0.15) is 0 Å². The molecule has 1 nitrogen and oxygen atoms in total. The molecule has 1 aliphatic rings. The maximum absolute atomic E-state index is 4.46. The number of fused-ring (bicyclic) bond motifs is 1. The number of pyridine rings is 1. The third-order valence-corrected chi connectivity index (χ3v) is 2.98. The SMILES string of the molecule is CC1=CCc2ncccc2C(C)(C)C1. The lowest BCUT2D eigenvalue weighted by atomic mass is 9.80. The third-order valence-electron chi connectivity index (χ3n) is 2.98. The average Bonchev–Trinajstić information content (AvgIpc) is 2.24. The first-order chi connectivity index (χ1) is 6.59. The van der Waals surface area contributed by atoms with Crippen molar-refractivity contribution in [2.45, 2.75) is 39.0 Å². The number of nitrogens with zero attached hydrogens (tertiary/aromatic N) is 1. The van der Waals surface area contributed by atoms with Gasteiger partial charge in [0.1, 0.15) is 0 Å². The van der Waals surface area contributed by atoms with Crippen molar-refractivity contribution < 1.29 is 0 Å². The van der Waals surface area contributed by atoms with Crippen LogP contribution in [0.25, 0.3) is 0 Å². The van der Waals surface area contributed by atoms with Crippen LogP contribution in [0.1, 0.15) is 38.4 Å². The number of rotatable bonds is 0. The Morgan fingerprint density at radius 3 is 2.93 bits per heavy atom. The lowest BCUT2D eigenvalue weighted by Crippen LogP contribution is -2.18. The largest absolute Gasteiger partial charge is 0.261 e. The fourth-order valence-electron chi connectivity index (χ4n) is 2.35. The Hall–Kier alpha value is -1.11. The Labute approximate surface area is 85.9 Å². The van der Waals surface area contributed by atoms with Crippen LogP contribution in [0.5, 0.6) is 0 Å². The molecule has 0 spiro atoms. The molecule has 2 rings (SSSR count). The molecule has 0 aromatic carbocycles. The van der Waals surface area contributed by atoms with E-state index >= 15 is 0 Å². The van der Waals surface area contributed by atoms with E-state index in [1.54, 1.807) is 0 Å². The Balaban J connectivity index is 2.53. The van der Waals surface area contributed by atoms with Crippen molar-refractivity contribution in [3.63, 3.8) is 0 Å². The normalized spacial score (nSPS) is 19.5. The van der Waals surface area contributed by atoms with Crippen LogP contribution in [0.4, 0.5) is 0 Å². The fourth-order valence-corrected chi connectivity index (χ4v) is 2.35. The zero-order chi connectivity index (χ0) is 10.2. The van der Waals surface area contributed by atoms with Crippen LogP contribution in [-0.2, 0) is 11.8 Å². The molecule has 1 heterocycles. The predicted molar refractivity (Wildman–Crippen MR) is 59.3 cm³/mol. The highest BCUT2D eigenvalue weighted by Crippen LogP contribution is 2.34. The summed E-state index contributed by atoms with van der Waals surface area (Å²) in [5.74, 6) is 0. The molecule has 0 fully saturated rings. The Morgan fingerprint density at radius 1 is 1.36 bits per heavy atom. The second kappa shape index (κ2) is 3.23. The second-order valence-corrected chi connectivity index (χ2v) is 4.81. The molecule has 1 aromatic rings. The summed E-state index contributed by atoms with van der Waals surface area (Å²) >= 11 is 0. The molecule has 0 amide bonds. The average molecular weight is 187 g/mol. The van der Waals surface area contributed by atoms with Crippen molar-refractivity contribution in [3.8, 4) is 0 Å². The molecule has 1 aromatic heterocycles. The zero-order valence-corrected chi connectivity index (χ0v) is 9.17. The summed E-state index contributed by atoms with van der Waals surface area (Å²) in [4.78, 5) is 4.46. The van der Waals surface area contributed by atoms with E-state index in [0.29, 0.717) is 0 Å². The molecule has 0 atom stereocenters. The summed E-state index contributed by atoms with van der Waals surface area (Å²) in [7, 11) is 0. The molecule has 1 heteroatoms. The summed E-state index contributed by atoms with van der Waals surface area (Å²) in [6, 6.07) is 4.26. The van der Waals surface area contributed by atoms with Gasteiger partial charge in [0.25, 0.3) is 0 Å². The minimum Gasteiger partial charge on any atom is -0.261 e. The summed E-state index contributed by atoms with van der Waals surface area (Å²) in [5, 5.41) is 0. The molecule has 0 aliphatic heterocycles. The molecule has 0 saturated heterocycles. The molecule has 74 valence electrons. The van der Waals surface area contributed by atoms with E-state index < -0.39 is 0 Å². The zero-order valence-electron chi connectivity index (χ0n) is 9.17. The fraction of sp³-hybridized carbons (Fsp3) is 0.462. The van der Waals surface area contributed by atoms with Gasteiger partial charge in [0.05, 0.1) is 0 Å². The van der Waals surface area contributed by atoms with Crippen LogP contribution >= 0.6 is 0 Å². The van der Waals surface area contributed by atoms with Crippen molar-refractivity contribution in [3.05, 3.63) is 41.2 Å². The van der Waals surface area contributed by atoms with Gasteiger partial charge in [-0.15, -0.1) is 0 Å². The first-order valence-corrected chi connectivity index (χ1v) is 5.19. The van der Waals surface area contributed by atoms with Crippen molar-refractivity contribution in [2.24, 2.45) is 0 Å². The number of allylic oxidation sites excluding steroid dienone is 2. The van der Waals surface area contributed by atoms with Crippen LogP contribution < -0.4 is 0 Å². The van der Waals surface area contributed by atoms with Gasteiger partial charge in [-0.25, -0.2) is 0 Å². The van der Waals surface area contributed by atoms with Gasteiger partial charge >= 0.3 is 0 Å². The number of hydrogen-bond acceptors (Lipinski definition) is 1. The number of aromatic nitrogens is 1. The highest BCUT2D eigenvalue weighted by atomic mass is 14.7. The van der Waals surface area contributed by atoms with Crippen molar-refractivity contribution >= 4 is 0 Å². The minimum absolute atomic E-state index is 0.237. The summed E-state index contributed by atoms with van der Waals surface area (Å²) in [6.45, 7) is 6.82. The lowest BCUT2D eigenvalue weighted by Gasteiger charge is -2.25. The second-order valence-electron chi connectivity index (χ2n) is 4.81. The van der Waals surface area contributed by atoms with Crippen molar-refractivity contribution in [1.29, 1.82) is 0 Å². The molecule has 0 saturated carbocycles. The highest BCUT2D eigenvalue weighted by molar-refractivity contribution is 5.33. The van der Waals surface area contributed by atoms with Crippen LogP contribution in [0.15, 0.2) is 30.0 Å². The lowest BCUT2D eigenvalue weighted by molar-refractivity contribution is 0.518. The van der Waals surface area contributed by atoms with E-state index in [9.17, 15) is 0 Å². The quantitative estimate of drug-likeness (QED) is 0.568. The standard InChI is InChI=1S/C13H17N/c1-10-6-7-12-11(5-4-8-14-12)13(2,3)9-10/h4-6,8H,7,9H2,1-3H3. The minimum atomic E-state index is 0.237. The summed E-state index contributed by atoms with van der Waals surface area (Å²) < 4.78 is 0. The molecule has 1 aliphatic carbocycles. The maximum atomic E-state index is 4.46. The monoisotopic (exact) mass is 187 g/mol. The molecular formula is C13H17N. The van der Waals surface area contributed by atoms with Crippen LogP contribution in [-0.4, -0.2) is 4.98 Å². The topological polar surface area (TPSA) is 12.9 Å². The van der Waals surface area contributed by atoms with E-state index in [1.165, 1.54) is 16.8 Å². The van der Waals surface area contributed by atoms with Gasteiger partial charge in [0.15, 0.2) is 0 Å². The van der Waals surface area contributed by atoms with Crippen LogP contribution in [0.2, 0.25) is 0 Å². The predicted octanol–water partition coefficient (Wildman–Crippen LogP) is 3.25. The molecule has 0 unspecified atom stereocenters. The first-order valence-electron chi connectivity index (χ1n) is 5.19. The maximum Gasteiger partial charge on any atom is 0.0478 e.